The second kappa shape index (κ2) is 6.22. The third-order valence-electron chi connectivity index (χ3n) is 3.55. The lowest BCUT2D eigenvalue weighted by Crippen LogP contribution is -2.20. The molecular weight excluding hydrogens is 312 g/mol. The first-order valence-corrected chi connectivity index (χ1v) is 7.48. The third kappa shape index (κ3) is 3.10. The summed E-state index contributed by atoms with van der Waals surface area (Å²) >= 11 is 5.96. The summed E-state index contributed by atoms with van der Waals surface area (Å²) in [6.45, 7) is 3.66. The molecule has 3 aromatic rings. The van der Waals surface area contributed by atoms with Gasteiger partial charge in [0.2, 0.25) is 0 Å². The molecule has 0 atom stereocenters. The first-order chi connectivity index (χ1) is 11.1. The van der Waals surface area contributed by atoms with Gasteiger partial charge in [-0.2, -0.15) is 5.10 Å². The minimum absolute atomic E-state index is 0.340. The van der Waals surface area contributed by atoms with Gasteiger partial charge in [0.1, 0.15) is 5.65 Å². The van der Waals surface area contributed by atoms with Crippen LogP contribution in [0.3, 0.4) is 0 Å². The Hall–Kier alpha value is -2.66. The Morgan fingerprint density at radius 3 is 2.83 bits per heavy atom. The van der Waals surface area contributed by atoms with Crippen molar-refractivity contribution in [3.8, 4) is 0 Å². The van der Waals surface area contributed by atoms with Crippen molar-refractivity contribution in [2.45, 2.75) is 13.8 Å². The molecule has 0 saturated carbocycles. The molecule has 1 N–H and O–H groups in total. The van der Waals surface area contributed by atoms with Crippen LogP contribution >= 0.6 is 11.6 Å². The number of amides is 1. The number of aryl methyl sites for hydroxylation is 1. The average Bonchev–Trinajstić information content (AvgIpc) is 2.90. The number of carbonyl (C=O) groups is 1. The minimum atomic E-state index is -0.340. The second-order valence-corrected chi connectivity index (χ2v) is 5.56. The summed E-state index contributed by atoms with van der Waals surface area (Å²) in [6, 6.07) is 12.9. The van der Waals surface area contributed by atoms with Crippen molar-refractivity contribution in [1.29, 1.82) is 0 Å². The number of aromatic nitrogens is 2. The zero-order valence-corrected chi connectivity index (χ0v) is 13.5. The van der Waals surface area contributed by atoms with Gasteiger partial charge in [0, 0.05) is 11.2 Å². The van der Waals surface area contributed by atoms with E-state index >= 15 is 0 Å². The molecule has 6 heteroatoms. The van der Waals surface area contributed by atoms with Crippen molar-refractivity contribution in [2.75, 3.05) is 0 Å². The molecule has 1 amide bonds. The monoisotopic (exact) mass is 326 g/mol. The normalized spacial score (nSPS) is 11.7. The molecule has 0 spiro atoms. The van der Waals surface area contributed by atoms with E-state index in [9.17, 15) is 4.79 Å². The van der Waals surface area contributed by atoms with Crippen LogP contribution in [-0.2, 0) is 0 Å². The summed E-state index contributed by atoms with van der Waals surface area (Å²) in [5.74, 6) is -0.340. The van der Waals surface area contributed by atoms with Crippen molar-refractivity contribution in [1.82, 2.24) is 14.8 Å². The maximum atomic E-state index is 12.3. The lowest BCUT2D eigenvalue weighted by atomic mass is 10.1. The Bertz CT molecular complexity index is 914. The Labute approximate surface area is 138 Å². The predicted molar refractivity (Wildman–Crippen MR) is 91.1 cm³/mol. The van der Waals surface area contributed by atoms with Gasteiger partial charge in [0.25, 0.3) is 5.91 Å². The molecule has 0 aliphatic carbocycles. The smallest absolute Gasteiger partial charge is 0.291 e. The number of nitrogens with zero attached hydrogens (tertiary/aromatic N) is 3. The highest BCUT2D eigenvalue weighted by molar-refractivity contribution is 6.31. The van der Waals surface area contributed by atoms with Gasteiger partial charge in [-0.05, 0) is 43.7 Å². The summed E-state index contributed by atoms with van der Waals surface area (Å²) < 4.78 is 1.86. The largest absolute Gasteiger partial charge is 0.304 e. The highest BCUT2D eigenvalue weighted by Gasteiger charge is 2.15. The van der Waals surface area contributed by atoms with E-state index in [1.165, 1.54) is 0 Å². The molecule has 0 saturated heterocycles. The zero-order chi connectivity index (χ0) is 16.4. The van der Waals surface area contributed by atoms with Gasteiger partial charge < -0.3 is 4.40 Å². The first-order valence-electron chi connectivity index (χ1n) is 7.10. The topological polar surface area (TPSA) is 58.8 Å². The summed E-state index contributed by atoms with van der Waals surface area (Å²) in [5, 5.41) is 4.76. The van der Waals surface area contributed by atoms with Gasteiger partial charge in [-0.25, -0.2) is 10.4 Å². The molecule has 5 nitrogen and oxygen atoms in total. The lowest BCUT2D eigenvalue weighted by Gasteiger charge is -2.03. The summed E-state index contributed by atoms with van der Waals surface area (Å²) in [7, 11) is 0. The maximum Gasteiger partial charge on any atom is 0.291 e. The molecule has 0 bridgehead atoms. The first kappa shape index (κ1) is 15.2. The van der Waals surface area contributed by atoms with E-state index in [0.29, 0.717) is 16.4 Å². The number of rotatable bonds is 3. The molecule has 0 fully saturated rings. The number of hydrazone groups is 1. The molecule has 1 aromatic carbocycles. The van der Waals surface area contributed by atoms with E-state index in [-0.39, 0.29) is 5.91 Å². The number of carbonyl (C=O) groups excluding carboxylic acids is 1. The highest BCUT2D eigenvalue weighted by atomic mass is 35.5. The van der Waals surface area contributed by atoms with Gasteiger partial charge in [-0.1, -0.05) is 29.8 Å². The number of pyridine rings is 1. The SMILES string of the molecule is CC(=NNC(=O)c1nc2ccccn2c1C)c1cccc(Cl)c1. The third-order valence-corrected chi connectivity index (χ3v) is 3.79. The Morgan fingerprint density at radius 1 is 1.26 bits per heavy atom. The molecule has 2 aromatic heterocycles. The van der Waals surface area contributed by atoms with Crippen molar-refractivity contribution in [2.24, 2.45) is 5.10 Å². The number of nitrogens with one attached hydrogen (secondary N) is 1. The van der Waals surface area contributed by atoms with Crippen LogP contribution < -0.4 is 5.43 Å². The van der Waals surface area contributed by atoms with Crippen LogP contribution in [0.15, 0.2) is 53.8 Å². The molecule has 3 rings (SSSR count). The fourth-order valence-corrected chi connectivity index (χ4v) is 2.49. The molecule has 23 heavy (non-hydrogen) atoms. The highest BCUT2D eigenvalue weighted by Crippen LogP contribution is 2.13. The van der Waals surface area contributed by atoms with Gasteiger partial charge in [-0.3, -0.25) is 4.79 Å². The quantitative estimate of drug-likeness (QED) is 0.592. The maximum absolute atomic E-state index is 12.3. The molecule has 0 unspecified atom stereocenters. The van der Waals surface area contributed by atoms with Crippen LogP contribution in [0.4, 0.5) is 0 Å². The van der Waals surface area contributed by atoms with Gasteiger partial charge >= 0.3 is 0 Å². The van der Waals surface area contributed by atoms with Crippen molar-refractivity contribution in [3.05, 3.63) is 70.6 Å². The summed E-state index contributed by atoms with van der Waals surface area (Å²) in [5.41, 5.74) is 5.93. The van der Waals surface area contributed by atoms with Crippen molar-refractivity contribution >= 4 is 28.9 Å². The molecule has 2 heterocycles. The number of benzene rings is 1. The average molecular weight is 327 g/mol. The predicted octanol–water partition coefficient (Wildman–Crippen LogP) is 3.45. The Morgan fingerprint density at radius 2 is 2.09 bits per heavy atom. The molecule has 0 aliphatic rings. The van der Waals surface area contributed by atoms with E-state index < -0.39 is 0 Å². The summed E-state index contributed by atoms with van der Waals surface area (Å²) in [6.07, 6.45) is 1.87. The number of hydrogen-bond acceptors (Lipinski definition) is 3. The van der Waals surface area contributed by atoms with Crippen LogP contribution in [0.1, 0.15) is 28.7 Å². The van der Waals surface area contributed by atoms with E-state index in [0.717, 1.165) is 16.9 Å². The zero-order valence-electron chi connectivity index (χ0n) is 12.7. The van der Waals surface area contributed by atoms with Crippen molar-refractivity contribution < 1.29 is 4.79 Å². The molecular formula is C17H15ClN4O. The van der Waals surface area contributed by atoms with E-state index in [1.54, 1.807) is 12.1 Å². The van der Waals surface area contributed by atoms with Gasteiger partial charge in [-0.15, -0.1) is 0 Å². The number of halogens is 1. The van der Waals surface area contributed by atoms with Crippen LogP contribution in [-0.4, -0.2) is 21.0 Å². The lowest BCUT2D eigenvalue weighted by molar-refractivity contribution is 0.0950. The van der Waals surface area contributed by atoms with Crippen LogP contribution in [0.5, 0.6) is 0 Å². The Kier molecular flexibility index (Phi) is 4.12. The molecule has 0 aliphatic heterocycles. The Balaban J connectivity index is 1.83. The van der Waals surface area contributed by atoms with Gasteiger partial charge in [0.05, 0.1) is 11.4 Å². The van der Waals surface area contributed by atoms with Crippen LogP contribution in [0.2, 0.25) is 5.02 Å². The second-order valence-electron chi connectivity index (χ2n) is 5.12. The minimum Gasteiger partial charge on any atom is -0.304 e. The number of fused-ring (bicyclic) bond motifs is 1. The number of imidazole rings is 1. The van der Waals surface area contributed by atoms with E-state index in [1.807, 2.05) is 54.8 Å². The molecule has 0 radical (unpaired) electrons. The van der Waals surface area contributed by atoms with E-state index in [4.69, 9.17) is 11.6 Å². The fraction of sp³-hybridized carbons (Fsp3) is 0.118. The van der Waals surface area contributed by atoms with Crippen molar-refractivity contribution in [3.63, 3.8) is 0 Å². The standard InChI is InChI=1S/C17H15ClN4O/c1-11(13-6-5-7-14(18)10-13)20-21-17(23)16-12(2)22-9-4-3-8-15(22)19-16/h3-10H,1-2H3,(H,21,23). The van der Waals surface area contributed by atoms with E-state index in [2.05, 4.69) is 15.5 Å². The van der Waals surface area contributed by atoms with Gasteiger partial charge in [0.15, 0.2) is 5.69 Å². The number of hydrogen-bond donors (Lipinski definition) is 1. The van der Waals surface area contributed by atoms with Crippen LogP contribution in [0, 0.1) is 6.92 Å². The molecule has 116 valence electrons. The summed E-state index contributed by atoms with van der Waals surface area (Å²) in [4.78, 5) is 16.7. The fourth-order valence-electron chi connectivity index (χ4n) is 2.30. The van der Waals surface area contributed by atoms with Crippen LogP contribution in [0.25, 0.3) is 5.65 Å².